The minimum absolute atomic E-state index is 0.210. The van der Waals surface area contributed by atoms with E-state index in [2.05, 4.69) is 72.9 Å². The number of carboxylic acids is 1. The van der Waals surface area contributed by atoms with Crippen molar-refractivity contribution < 1.29 is 14.3 Å². The molecule has 0 aromatic heterocycles. The summed E-state index contributed by atoms with van der Waals surface area (Å²) in [7, 11) is -1.84. The first-order valence-corrected chi connectivity index (χ1v) is 14.1. The van der Waals surface area contributed by atoms with E-state index < -0.39 is 14.3 Å². The maximum absolute atomic E-state index is 11.1. The van der Waals surface area contributed by atoms with Gasteiger partial charge >= 0.3 is 5.97 Å². The second kappa shape index (κ2) is 8.93. The van der Waals surface area contributed by atoms with Crippen LogP contribution in [-0.2, 0) is 9.22 Å². The van der Waals surface area contributed by atoms with E-state index in [-0.39, 0.29) is 5.04 Å². The van der Waals surface area contributed by atoms with Gasteiger partial charge in [0, 0.05) is 5.57 Å². The van der Waals surface area contributed by atoms with E-state index in [4.69, 9.17) is 9.53 Å². The fraction of sp³-hybridized carbons (Fsp3) is 0.720. The van der Waals surface area contributed by atoms with E-state index in [1.807, 2.05) is 6.08 Å². The van der Waals surface area contributed by atoms with E-state index in [0.29, 0.717) is 47.2 Å². The van der Waals surface area contributed by atoms with Crippen LogP contribution in [0.15, 0.2) is 36.0 Å². The van der Waals surface area contributed by atoms with Crippen molar-refractivity contribution in [2.75, 3.05) is 0 Å². The third kappa shape index (κ3) is 5.32. The predicted octanol–water partition coefficient (Wildman–Crippen LogP) is 6.69. The number of hydrogen-bond donors (Lipinski definition) is 1. The second-order valence-electron chi connectivity index (χ2n) is 11.0. The number of aliphatic carboxylic acids is 1. The van der Waals surface area contributed by atoms with Gasteiger partial charge < -0.3 is 9.53 Å². The van der Waals surface area contributed by atoms with Crippen LogP contribution in [0, 0.1) is 35.5 Å². The van der Waals surface area contributed by atoms with Gasteiger partial charge in [-0.25, -0.2) is 4.79 Å². The minimum Gasteiger partial charge on any atom is -0.478 e. The molecule has 2 rings (SSSR count). The van der Waals surface area contributed by atoms with Crippen molar-refractivity contribution >= 4 is 14.3 Å². The van der Waals surface area contributed by atoms with Gasteiger partial charge in [-0.3, -0.25) is 0 Å². The van der Waals surface area contributed by atoms with Crippen molar-refractivity contribution in [3.63, 3.8) is 0 Å². The van der Waals surface area contributed by atoms with E-state index in [1.165, 1.54) is 6.42 Å². The molecule has 0 radical (unpaired) electrons. The molecule has 2 aliphatic carbocycles. The Morgan fingerprint density at radius 3 is 2.34 bits per heavy atom. The summed E-state index contributed by atoms with van der Waals surface area (Å²) < 4.78 is 6.98. The number of rotatable bonds is 5. The average molecular weight is 419 g/mol. The Hall–Kier alpha value is -1.13. The first-order valence-electron chi connectivity index (χ1n) is 11.2. The summed E-state index contributed by atoms with van der Waals surface area (Å²) in [6.07, 6.45) is 12.2. The Balaban J connectivity index is 2.30. The van der Waals surface area contributed by atoms with Crippen molar-refractivity contribution in [1.29, 1.82) is 0 Å². The second-order valence-corrected chi connectivity index (χ2v) is 15.8. The fourth-order valence-corrected chi connectivity index (χ4v) is 6.41. The molecule has 0 aromatic carbocycles. The van der Waals surface area contributed by atoms with Crippen LogP contribution in [0.25, 0.3) is 0 Å². The van der Waals surface area contributed by atoms with Crippen LogP contribution in [0.4, 0.5) is 0 Å². The molecule has 0 unspecified atom stereocenters. The smallest absolute Gasteiger partial charge is 0.331 e. The summed E-state index contributed by atoms with van der Waals surface area (Å²) in [6, 6.07) is 0. The van der Waals surface area contributed by atoms with Gasteiger partial charge in [-0.05, 0) is 67.0 Å². The van der Waals surface area contributed by atoms with E-state index in [0.717, 1.165) is 0 Å². The van der Waals surface area contributed by atoms with Gasteiger partial charge in [-0.2, -0.15) is 0 Å². The molecule has 1 N–H and O–H groups in total. The lowest BCUT2D eigenvalue weighted by Crippen LogP contribution is -2.53. The highest BCUT2D eigenvalue weighted by Crippen LogP contribution is 2.51. The predicted molar refractivity (Wildman–Crippen MR) is 124 cm³/mol. The molecule has 0 bridgehead atoms. The quantitative estimate of drug-likeness (QED) is 0.234. The summed E-state index contributed by atoms with van der Waals surface area (Å²) in [6.45, 7) is 20.3. The van der Waals surface area contributed by atoms with E-state index in [9.17, 15) is 4.79 Å². The molecule has 7 atom stereocenters. The molecule has 1 fully saturated rings. The Bertz CT molecular complexity index is 683. The third-order valence-electron chi connectivity index (χ3n) is 7.79. The molecule has 0 aromatic rings. The van der Waals surface area contributed by atoms with E-state index >= 15 is 0 Å². The average Bonchev–Trinajstić information content (AvgIpc) is 2.59. The molecule has 0 aliphatic heterocycles. The topological polar surface area (TPSA) is 46.5 Å². The number of carbonyl (C=O) groups is 1. The summed E-state index contributed by atoms with van der Waals surface area (Å²) in [5, 5.41) is 9.32. The summed E-state index contributed by atoms with van der Waals surface area (Å²) >= 11 is 0. The molecule has 4 heteroatoms. The largest absolute Gasteiger partial charge is 0.478 e. The first kappa shape index (κ1) is 24.1. The van der Waals surface area contributed by atoms with Crippen molar-refractivity contribution in [2.45, 2.75) is 79.1 Å². The molecule has 0 amide bonds. The maximum Gasteiger partial charge on any atom is 0.331 e. The molecule has 0 saturated heterocycles. The van der Waals surface area contributed by atoms with E-state index in [1.54, 1.807) is 13.0 Å². The zero-order valence-electron chi connectivity index (χ0n) is 19.9. The highest BCUT2D eigenvalue weighted by atomic mass is 28.4. The van der Waals surface area contributed by atoms with Gasteiger partial charge in [0.2, 0.25) is 0 Å². The number of hydrogen-bond acceptors (Lipinski definition) is 2. The molecule has 29 heavy (non-hydrogen) atoms. The lowest BCUT2D eigenvalue weighted by molar-refractivity contribution is -0.132. The Kier molecular flexibility index (Phi) is 7.43. The zero-order chi connectivity index (χ0) is 22.1. The fourth-order valence-electron chi connectivity index (χ4n) is 4.93. The highest BCUT2D eigenvalue weighted by Gasteiger charge is 2.49. The van der Waals surface area contributed by atoms with Gasteiger partial charge in [0.15, 0.2) is 8.32 Å². The van der Waals surface area contributed by atoms with Crippen molar-refractivity contribution in [2.24, 2.45) is 35.5 Å². The zero-order valence-corrected chi connectivity index (χ0v) is 20.9. The number of carboxylic acid groups (broad SMARTS) is 1. The van der Waals surface area contributed by atoms with Crippen LogP contribution in [0.3, 0.4) is 0 Å². The summed E-state index contributed by atoms with van der Waals surface area (Å²) in [5.41, 5.74) is 0.376. The summed E-state index contributed by atoms with van der Waals surface area (Å²) in [5.74, 6) is 2.16. The number of allylic oxidation sites excluding steroid dienone is 5. The molecular formula is C25H42O3Si. The highest BCUT2D eigenvalue weighted by molar-refractivity contribution is 6.74. The van der Waals surface area contributed by atoms with Crippen molar-refractivity contribution in [1.82, 2.24) is 0 Å². The number of fused-ring (bicyclic) bond motifs is 1. The standard InChI is InChI=1S/C25H42O3Si/c1-16-13-14-20-15-18(3)23(28-29(8,9)25(5,6)7)19(4)22(20)21(16)12-10-11-17(2)24(26)27/h10-14,16,18-23H,15H2,1-9H3,(H,26,27)/b12-10+,17-11+/t16-,18+,19-,20-,21-,22-,23-/m0/s1. The van der Waals surface area contributed by atoms with Crippen LogP contribution in [0.1, 0.15) is 54.9 Å². The molecule has 3 nitrogen and oxygen atoms in total. The summed E-state index contributed by atoms with van der Waals surface area (Å²) in [4.78, 5) is 11.1. The van der Waals surface area contributed by atoms with Crippen LogP contribution < -0.4 is 0 Å². The van der Waals surface area contributed by atoms with Crippen LogP contribution in [-0.4, -0.2) is 25.5 Å². The first-order chi connectivity index (χ1) is 13.3. The molecule has 0 heterocycles. The van der Waals surface area contributed by atoms with Crippen LogP contribution in [0.5, 0.6) is 0 Å². The molecular weight excluding hydrogens is 376 g/mol. The lowest BCUT2D eigenvalue weighted by atomic mass is 9.58. The third-order valence-corrected chi connectivity index (χ3v) is 12.3. The van der Waals surface area contributed by atoms with Gasteiger partial charge in [-0.1, -0.05) is 71.9 Å². The molecule has 1 saturated carbocycles. The lowest BCUT2D eigenvalue weighted by Gasteiger charge is -2.52. The van der Waals surface area contributed by atoms with Crippen molar-refractivity contribution in [3.8, 4) is 0 Å². The Morgan fingerprint density at radius 2 is 1.79 bits per heavy atom. The normalized spacial score (nSPS) is 36.3. The Morgan fingerprint density at radius 1 is 1.17 bits per heavy atom. The molecule has 2 aliphatic rings. The molecule has 0 spiro atoms. The minimum atomic E-state index is -1.84. The van der Waals surface area contributed by atoms with Gasteiger partial charge in [0.25, 0.3) is 0 Å². The van der Waals surface area contributed by atoms with Gasteiger partial charge in [0.1, 0.15) is 0 Å². The Labute approximate surface area is 179 Å². The van der Waals surface area contributed by atoms with Crippen molar-refractivity contribution in [3.05, 3.63) is 36.0 Å². The SMILES string of the molecule is C/C(=C\C=C\[C@@H]1[C@H]2[C@H](C)[C@@H](O[Si](C)(C)C(C)(C)C)[C@H](C)C[C@@H]2C=C[C@@H]1C)C(=O)O. The van der Waals surface area contributed by atoms with Crippen LogP contribution >= 0.6 is 0 Å². The van der Waals surface area contributed by atoms with Crippen LogP contribution in [0.2, 0.25) is 18.1 Å². The monoisotopic (exact) mass is 418 g/mol. The van der Waals surface area contributed by atoms with Gasteiger partial charge in [-0.15, -0.1) is 0 Å². The van der Waals surface area contributed by atoms with Gasteiger partial charge in [0.05, 0.1) is 6.10 Å². The maximum atomic E-state index is 11.1. The molecule has 164 valence electrons.